The molecule has 1 fully saturated rings. The number of aryl methyl sites for hydroxylation is 3. The van der Waals surface area contributed by atoms with Crippen LogP contribution in [0.4, 0.5) is 0 Å². The van der Waals surface area contributed by atoms with E-state index < -0.39 is 16.1 Å². The smallest absolute Gasteiger partial charge is 0.243 e. The Labute approximate surface area is 179 Å². The molecular formula is C23H30N2O4S. The third-order valence-electron chi connectivity index (χ3n) is 5.97. The molecule has 0 spiro atoms. The van der Waals surface area contributed by atoms with Crippen molar-refractivity contribution in [2.24, 2.45) is 0 Å². The highest BCUT2D eigenvalue weighted by molar-refractivity contribution is 7.89. The van der Waals surface area contributed by atoms with E-state index in [0.717, 1.165) is 24.2 Å². The minimum Gasteiger partial charge on any atom is -0.491 e. The number of hydrogen-bond acceptors (Lipinski definition) is 5. The minimum atomic E-state index is -3.46. The average Bonchev–Trinajstić information content (AvgIpc) is 3.21. The predicted molar refractivity (Wildman–Crippen MR) is 116 cm³/mol. The number of β-amino-alcohol motifs (C(OH)–C–C–N with tert-alkyl or cyclic N) is 1. The Bertz CT molecular complexity index is 967. The Morgan fingerprint density at radius 1 is 1.00 bits per heavy atom. The Morgan fingerprint density at radius 2 is 1.70 bits per heavy atom. The number of sulfonamides is 1. The molecule has 0 radical (unpaired) electrons. The van der Waals surface area contributed by atoms with Crippen LogP contribution in [0.1, 0.15) is 23.1 Å². The van der Waals surface area contributed by atoms with E-state index in [0.29, 0.717) is 37.6 Å². The third kappa shape index (κ3) is 4.86. The summed E-state index contributed by atoms with van der Waals surface area (Å²) in [4.78, 5) is 2.43. The maximum atomic E-state index is 12.8. The molecule has 1 unspecified atom stereocenters. The van der Waals surface area contributed by atoms with Crippen LogP contribution in [0.5, 0.6) is 5.75 Å². The molecule has 7 heteroatoms. The average molecular weight is 431 g/mol. The van der Waals surface area contributed by atoms with Gasteiger partial charge in [-0.2, -0.15) is 4.31 Å². The largest absolute Gasteiger partial charge is 0.491 e. The summed E-state index contributed by atoms with van der Waals surface area (Å²) in [5, 5.41) is 10.4. The second-order valence-corrected chi connectivity index (χ2v) is 10.2. The van der Waals surface area contributed by atoms with Gasteiger partial charge in [0, 0.05) is 32.7 Å². The van der Waals surface area contributed by atoms with E-state index >= 15 is 0 Å². The zero-order chi connectivity index (χ0) is 21.1. The predicted octanol–water partition coefficient (Wildman–Crippen LogP) is 2.23. The second kappa shape index (κ2) is 9.06. The van der Waals surface area contributed by atoms with Crippen molar-refractivity contribution in [2.45, 2.75) is 37.2 Å². The van der Waals surface area contributed by atoms with Gasteiger partial charge in [-0.25, -0.2) is 8.42 Å². The molecule has 0 amide bonds. The molecule has 1 aliphatic carbocycles. The zero-order valence-electron chi connectivity index (χ0n) is 17.5. The number of nitrogens with zero attached hydrogens (tertiary/aromatic N) is 2. The normalized spacial score (nSPS) is 18.9. The summed E-state index contributed by atoms with van der Waals surface area (Å²) in [5.74, 6) is 0.809. The van der Waals surface area contributed by atoms with Gasteiger partial charge in [-0.15, -0.1) is 0 Å². The third-order valence-corrected chi connectivity index (χ3v) is 7.88. The summed E-state index contributed by atoms with van der Waals surface area (Å²) >= 11 is 0. The minimum absolute atomic E-state index is 0.237. The van der Waals surface area contributed by atoms with Crippen LogP contribution in [0, 0.1) is 6.92 Å². The van der Waals surface area contributed by atoms with Gasteiger partial charge in [0.05, 0.1) is 4.90 Å². The van der Waals surface area contributed by atoms with E-state index in [4.69, 9.17) is 4.74 Å². The topological polar surface area (TPSA) is 70.1 Å². The summed E-state index contributed by atoms with van der Waals surface area (Å²) < 4.78 is 32.9. The van der Waals surface area contributed by atoms with E-state index in [9.17, 15) is 13.5 Å². The maximum Gasteiger partial charge on any atom is 0.243 e. The molecule has 0 bridgehead atoms. The number of hydrogen-bond donors (Lipinski definition) is 1. The fraction of sp³-hybridized carbons (Fsp3) is 0.478. The van der Waals surface area contributed by atoms with Gasteiger partial charge < -0.3 is 9.84 Å². The fourth-order valence-electron chi connectivity index (χ4n) is 4.19. The zero-order valence-corrected chi connectivity index (χ0v) is 18.3. The van der Waals surface area contributed by atoms with Crippen LogP contribution in [0.2, 0.25) is 0 Å². The Balaban J connectivity index is 1.24. The highest BCUT2D eigenvalue weighted by atomic mass is 32.2. The molecule has 6 nitrogen and oxygen atoms in total. The summed E-state index contributed by atoms with van der Waals surface area (Å²) in [6.45, 7) is 4.70. The first-order valence-electron chi connectivity index (χ1n) is 10.6. The Hall–Kier alpha value is -1.93. The molecule has 0 aromatic heterocycles. The van der Waals surface area contributed by atoms with Gasteiger partial charge in [0.1, 0.15) is 18.5 Å². The molecule has 1 atom stereocenters. The summed E-state index contributed by atoms with van der Waals surface area (Å²) in [6, 6.07) is 13.2. The van der Waals surface area contributed by atoms with Crippen molar-refractivity contribution in [1.82, 2.24) is 9.21 Å². The lowest BCUT2D eigenvalue weighted by atomic mass is 10.1. The van der Waals surface area contributed by atoms with Crippen LogP contribution < -0.4 is 4.74 Å². The number of fused-ring (bicyclic) bond motifs is 1. The summed E-state index contributed by atoms with van der Waals surface area (Å²) in [5.41, 5.74) is 3.80. The van der Waals surface area contributed by atoms with Crippen molar-refractivity contribution in [3.63, 3.8) is 0 Å². The fourth-order valence-corrected chi connectivity index (χ4v) is 5.62. The molecule has 1 aliphatic heterocycles. The molecule has 2 aliphatic rings. The standard InChI is InChI=1S/C23H30N2O4S/c1-18-5-9-23(10-6-18)30(27,28)25-13-11-24(12-14-25)16-21(26)17-29-22-8-7-19-3-2-4-20(19)15-22/h5-10,15,21,26H,2-4,11-14,16-17H2,1H3. The van der Waals surface area contributed by atoms with Crippen LogP contribution in [-0.4, -0.2) is 68.2 Å². The number of benzene rings is 2. The van der Waals surface area contributed by atoms with E-state index in [1.807, 2.05) is 25.1 Å². The summed E-state index contributed by atoms with van der Waals surface area (Å²) in [7, 11) is -3.46. The number of aliphatic hydroxyl groups is 1. The number of rotatable bonds is 7. The van der Waals surface area contributed by atoms with E-state index in [2.05, 4.69) is 17.0 Å². The molecule has 1 heterocycles. The number of ether oxygens (including phenoxy) is 1. The van der Waals surface area contributed by atoms with Crippen LogP contribution in [0.25, 0.3) is 0 Å². The lowest BCUT2D eigenvalue weighted by molar-refractivity contribution is 0.0569. The van der Waals surface area contributed by atoms with Crippen LogP contribution in [0.15, 0.2) is 47.4 Å². The lowest BCUT2D eigenvalue weighted by Gasteiger charge is -2.34. The SMILES string of the molecule is Cc1ccc(S(=O)(=O)N2CCN(CC(O)COc3ccc4c(c3)CCC4)CC2)cc1. The number of aliphatic hydroxyl groups excluding tert-OH is 1. The highest BCUT2D eigenvalue weighted by Crippen LogP contribution is 2.26. The Kier molecular flexibility index (Phi) is 6.43. The Morgan fingerprint density at radius 3 is 2.43 bits per heavy atom. The number of piperazine rings is 1. The molecule has 1 N–H and O–H groups in total. The van der Waals surface area contributed by atoms with E-state index in [-0.39, 0.29) is 6.61 Å². The monoisotopic (exact) mass is 430 g/mol. The van der Waals surface area contributed by atoms with Gasteiger partial charge in [0.15, 0.2) is 0 Å². The van der Waals surface area contributed by atoms with Gasteiger partial charge in [0.25, 0.3) is 0 Å². The van der Waals surface area contributed by atoms with Crippen molar-refractivity contribution < 1.29 is 18.3 Å². The van der Waals surface area contributed by atoms with Crippen molar-refractivity contribution in [1.29, 1.82) is 0 Å². The van der Waals surface area contributed by atoms with Gasteiger partial charge >= 0.3 is 0 Å². The molecule has 0 saturated carbocycles. The molecule has 4 rings (SSSR count). The first-order chi connectivity index (χ1) is 14.4. The van der Waals surface area contributed by atoms with Crippen molar-refractivity contribution in [3.8, 4) is 5.75 Å². The first kappa shape index (κ1) is 21.3. The van der Waals surface area contributed by atoms with Gasteiger partial charge in [-0.3, -0.25) is 4.90 Å². The van der Waals surface area contributed by atoms with Crippen molar-refractivity contribution in [3.05, 3.63) is 59.2 Å². The van der Waals surface area contributed by atoms with Crippen LogP contribution >= 0.6 is 0 Å². The van der Waals surface area contributed by atoms with Gasteiger partial charge in [-0.1, -0.05) is 23.8 Å². The highest BCUT2D eigenvalue weighted by Gasteiger charge is 2.29. The lowest BCUT2D eigenvalue weighted by Crippen LogP contribution is -2.50. The van der Waals surface area contributed by atoms with Gasteiger partial charge in [0.2, 0.25) is 10.0 Å². The summed E-state index contributed by atoms with van der Waals surface area (Å²) in [6.07, 6.45) is 2.83. The molecule has 30 heavy (non-hydrogen) atoms. The molecule has 2 aromatic rings. The molecular weight excluding hydrogens is 400 g/mol. The van der Waals surface area contributed by atoms with Crippen molar-refractivity contribution in [2.75, 3.05) is 39.3 Å². The van der Waals surface area contributed by atoms with Crippen molar-refractivity contribution >= 4 is 10.0 Å². The van der Waals surface area contributed by atoms with Crippen LogP contribution in [-0.2, 0) is 22.9 Å². The quantitative estimate of drug-likeness (QED) is 0.730. The second-order valence-electron chi connectivity index (χ2n) is 8.27. The van der Waals surface area contributed by atoms with Gasteiger partial charge in [-0.05, 0) is 61.6 Å². The molecule has 2 aromatic carbocycles. The molecule has 162 valence electrons. The molecule has 1 saturated heterocycles. The maximum absolute atomic E-state index is 12.8. The van der Waals surface area contributed by atoms with E-state index in [1.165, 1.54) is 21.9 Å². The van der Waals surface area contributed by atoms with Crippen LogP contribution in [0.3, 0.4) is 0 Å². The van der Waals surface area contributed by atoms with E-state index in [1.54, 1.807) is 12.1 Å². The first-order valence-corrected chi connectivity index (χ1v) is 12.1.